The molecule has 1 aliphatic rings. The number of hydrogen-bond donors (Lipinski definition) is 2. The van der Waals surface area contributed by atoms with Crippen molar-refractivity contribution < 1.29 is 9.59 Å². The maximum Gasteiger partial charge on any atom is 0.224 e. The molecule has 0 atom stereocenters. The molecule has 2 aromatic heterocycles. The Morgan fingerprint density at radius 2 is 1.92 bits per heavy atom. The van der Waals surface area contributed by atoms with Crippen LogP contribution in [0.2, 0.25) is 0 Å². The molecule has 2 N–H and O–H groups in total. The number of aromatic nitrogens is 3. The van der Waals surface area contributed by atoms with Crippen LogP contribution >= 0.6 is 0 Å². The Kier molecular flexibility index (Phi) is 7.53. The van der Waals surface area contributed by atoms with E-state index in [2.05, 4.69) is 26.9 Å². The first-order chi connectivity index (χ1) is 18.5. The summed E-state index contributed by atoms with van der Waals surface area (Å²) in [4.78, 5) is 28.4. The first-order valence-electron chi connectivity index (χ1n) is 13.0. The number of amides is 2. The van der Waals surface area contributed by atoms with Gasteiger partial charge < -0.3 is 20.4 Å². The molecule has 4 aromatic rings. The molecule has 1 aliphatic heterocycles. The second-order valence-electron chi connectivity index (χ2n) is 9.75. The molecule has 0 unspecified atom stereocenters. The van der Waals surface area contributed by atoms with Crippen LogP contribution in [0, 0.1) is 0 Å². The van der Waals surface area contributed by atoms with Crippen molar-refractivity contribution in [2.24, 2.45) is 0 Å². The van der Waals surface area contributed by atoms with E-state index in [1.54, 1.807) is 0 Å². The molecule has 9 nitrogen and oxygen atoms in total. The van der Waals surface area contributed by atoms with Gasteiger partial charge in [0.15, 0.2) is 11.6 Å². The van der Waals surface area contributed by atoms with Crippen molar-refractivity contribution in [3.63, 3.8) is 0 Å². The Hall–Kier alpha value is -4.40. The number of benzene rings is 2. The van der Waals surface area contributed by atoms with Crippen LogP contribution in [0.1, 0.15) is 24.8 Å². The number of nitrogens with zero attached hydrogens (tertiary/aromatic N) is 5. The average Bonchev–Trinajstić information content (AvgIpc) is 3.50. The number of carbonyl (C=O) groups is 2. The molecule has 1 saturated heterocycles. The fraction of sp³-hybridized carbons (Fsp3) is 0.310. The van der Waals surface area contributed by atoms with Crippen molar-refractivity contribution >= 4 is 39.9 Å². The summed E-state index contributed by atoms with van der Waals surface area (Å²) in [5, 5.41) is 16.2. The van der Waals surface area contributed by atoms with Crippen LogP contribution in [-0.2, 0) is 16.0 Å². The second-order valence-corrected chi connectivity index (χ2v) is 9.75. The predicted octanol–water partition coefficient (Wildman–Crippen LogP) is 3.90. The summed E-state index contributed by atoms with van der Waals surface area (Å²) >= 11 is 0. The fourth-order valence-electron chi connectivity index (χ4n) is 4.78. The van der Waals surface area contributed by atoms with Gasteiger partial charge in [0.1, 0.15) is 0 Å². The summed E-state index contributed by atoms with van der Waals surface area (Å²) in [6, 6.07) is 19.9. The molecule has 0 radical (unpaired) electrons. The van der Waals surface area contributed by atoms with E-state index >= 15 is 0 Å². The van der Waals surface area contributed by atoms with Crippen LogP contribution in [-0.4, -0.2) is 65.2 Å². The van der Waals surface area contributed by atoms with Crippen molar-refractivity contribution in [3.8, 4) is 5.82 Å². The highest BCUT2D eigenvalue weighted by Gasteiger charge is 2.19. The van der Waals surface area contributed by atoms with Gasteiger partial charge in [0.2, 0.25) is 11.8 Å². The topological polar surface area (TPSA) is 95.4 Å². The lowest BCUT2D eigenvalue weighted by atomic mass is 10.1. The summed E-state index contributed by atoms with van der Waals surface area (Å²) < 4.78 is 1.97. The van der Waals surface area contributed by atoms with Gasteiger partial charge in [-0.15, -0.1) is 10.2 Å². The minimum atomic E-state index is -0.0359. The number of para-hydroxylation sites is 1. The largest absolute Gasteiger partial charge is 0.378 e. The van der Waals surface area contributed by atoms with Crippen LogP contribution in [0.25, 0.3) is 16.7 Å². The first-order valence-corrected chi connectivity index (χ1v) is 13.0. The molecule has 5 rings (SSSR count). The third-order valence-electron chi connectivity index (χ3n) is 6.78. The summed E-state index contributed by atoms with van der Waals surface area (Å²) in [5.41, 5.74) is 3.93. The molecule has 0 bridgehead atoms. The van der Waals surface area contributed by atoms with E-state index in [1.165, 1.54) is 0 Å². The van der Waals surface area contributed by atoms with E-state index in [0.717, 1.165) is 47.2 Å². The Morgan fingerprint density at radius 1 is 1.05 bits per heavy atom. The number of likely N-dealkylation sites (tertiary alicyclic amines) is 1. The van der Waals surface area contributed by atoms with Crippen LogP contribution in [0.3, 0.4) is 0 Å². The zero-order chi connectivity index (χ0) is 26.5. The van der Waals surface area contributed by atoms with Gasteiger partial charge in [0, 0.05) is 63.1 Å². The van der Waals surface area contributed by atoms with Crippen molar-refractivity contribution in [3.05, 3.63) is 72.4 Å². The SMILES string of the molecule is CN(C)c1cccc(Nc2ccc(-n3cc(CC(=O)NCCCN4CCCC4=O)c4ccccc43)nn2)c1. The van der Waals surface area contributed by atoms with Gasteiger partial charge in [-0.05, 0) is 54.8 Å². The molecular formula is C29H33N7O2. The van der Waals surface area contributed by atoms with E-state index < -0.39 is 0 Å². The predicted molar refractivity (Wildman–Crippen MR) is 150 cm³/mol. The van der Waals surface area contributed by atoms with E-state index in [4.69, 9.17) is 0 Å². The highest BCUT2D eigenvalue weighted by molar-refractivity contribution is 5.90. The quantitative estimate of drug-likeness (QED) is 0.314. The van der Waals surface area contributed by atoms with Crippen LogP contribution in [0.4, 0.5) is 17.2 Å². The Labute approximate surface area is 222 Å². The molecule has 3 heterocycles. The third-order valence-corrected chi connectivity index (χ3v) is 6.78. The summed E-state index contributed by atoms with van der Waals surface area (Å²) in [7, 11) is 4.01. The minimum Gasteiger partial charge on any atom is -0.378 e. The highest BCUT2D eigenvalue weighted by Crippen LogP contribution is 2.25. The molecule has 0 aliphatic carbocycles. The molecule has 0 spiro atoms. The van der Waals surface area contributed by atoms with Gasteiger partial charge >= 0.3 is 0 Å². The number of hydrogen-bond acceptors (Lipinski definition) is 6. The summed E-state index contributed by atoms with van der Waals surface area (Å²) in [5.74, 6) is 1.51. The van der Waals surface area contributed by atoms with Crippen molar-refractivity contribution in [2.75, 3.05) is 43.9 Å². The lowest BCUT2D eigenvalue weighted by molar-refractivity contribution is -0.127. The van der Waals surface area contributed by atoms with E-state index in [9.17, 15) is 9.59 Å². The first kappa shape index (κ1) is 25.3. The van der Waals surface area contributed by atoms with Crippen LogP contribution < -0.4 is 15.5 Å². The molecular weight excluding hydrogens is 478 g/mol. The van der Waals surface area contributed by atoms with Crippen molar-refractivity contribution in [1.82, 2.24) is 25.0 Å². The fourth-order valence-corrected chi connectivity index (χ4v) is 4.78. The van der Waals surface area contributed by atoms with E-state index in [1.807, 2.05) is 89.3 Å². The lowest BCUT2D eigenvalue weighted by Crippen LogP contribution is -2.31. The lowest BCUT2D eigenvalue weighted by Gasteiger charge is -2.15. The monoisotopic (exact) mass is 511 g/mol. The van der Waals surface area contributed by atoms with Crippen LogP contribution in [0.15, 0.2) is 66.9 Å². The number of rotatable bonds is 10. The number of carbonyl (C=O) groups excluding carboxylic acids is 2. The summed E-state index contributed by atoms with van der Waals surface area (Å²) in [6.45, 7) is 2.08. The smallest absolute Gasteiger partial charge is 0.224 e. The average molecular weight is 512 g/mol. The second kappa shape index (κ2) is 11.3. The zero-order valence-electron chi connectivity index (χ0n) is 21.9. The number of nitrogens with one attached hydrogen (secondary N) is 2. The molecule has 2 amide bonds. The van der Waals surface area contributed by atoms with Crippen molar-refractivity contribution in [2.45, 2.75) is 25.7 Å². The Balaban J connectivity index is 1.25. The third kappa shape index (κ3) is 5.77. The van der Waals surface area contributed by atoms with Gasteiger partial charge in [-0.1, -0.05) is 24.3 Å². The van der Waals surface area contributed by atoms with Gasteiger partial charge in [0.05, 0.1) is 11.9 Å². The molecule has 2 aromatic carbocycles. The number of fused-ring (bicyclic) bond motifs is 1. The summed E-state index contributed by atoms with van der Waals surface area (Å²) in [6.07, 6.45) is 4.57. The van der Waals surface area contributed by atoms with Gasteiger partial charge in [-0.3, -0.25) is 14.2 Å². The van der Waals surface area contributed by atoms with E-state index in [-0.39, 0.29) is 18.2 Å². The molecule has 9 heteroatoms. The molecule has 196 valence electrons. The Morgan fingerprint density at radius 3 is 2.68 bits per heavy atom. The normalized spacial score (nSPS) is 13.2. The van der Waals surface area contributed by atoms with Crippen molar-refractivity contribution in [1.29, 1.82) is 0 Å². The van der Waals surface area contributed by atoms with Gasteiger partial charge in [-0.25, -0.2) is 0 Å². The molecule has 1 fully saturated rings. The molecule has 38 heavy (non-hydrogen) atoms. The standard InChI is InChI=1S/C29H33N7O2/c1-34(2)23-9-5-8-22(19-23)31-26-13-14-27(33-32-26)36-20-21(24-10-3-4-11-25(24)36)18-28(37)30-15-7-17-35-16-6-12-29(35)38/h3-5,8-11,13-14,19-20H,6-7,12,15-18H2,1-2H3,(H,30,37)(H,31,32). The van der Waals surface area contributed by atoms with Gasteiger partial charge in [0.25, 0.3) is 0 Å². The Bertz CT molecular complexity index is 1430. The van der Waals surface area contributed by atoms with Crippen LogP contribution in [0.5, 0.6) is 0 Å². The maximum atomic E-state index is 12.7. The number of anilines is 3. The molecule has 0 saturated carbocycles. The minimum absolute atomic E-state index is 0.0359. The maximum absolute atomic E-state index is 12.7. The highest BCUT2D eigenvalue weighted by atomic mass is 16.2. The van der Waals surface area contributed by atoms with Gasteiger partial charge in [-0.2, -0.15) is 0 Å². The zero-order valence-corrected chi connectivity index (χ0v) is 21.9. The van der Waals surface area contributed by atoms with E-state index in [0.29, 0.717) is 31.1 Å².